The molecule has 2 bridgehead atoms. The number of alkyl halides is 1. The average molecular weight is 526 g/mol. The van der Waals surface area contributed by atoms with Crippen LogP contribution in [-0.2, 0) is 14.4 Å². The smallest absolute Gasteiger partial charge is 0.248 e. The highest BCUT2D eigenvalue weighted by Crippen LogP contribution is 2.67. The van der Waals surface area contributed by atoms with Gasteiger partial charge in [0.05, 0.1) is 30.3 Å². The number of hydrogen-bond donors (Lipinski definition) is 3. The summed E-state index contributed by atoms with van der Waals surface area (Å²) in [7, 11) is 1.57. The molecule has 174 valence electrons. The molecule has 6 atom stereocenters. The Labute approximate surface area is 199 Å². The van der Waals surface area contributed by atoms with Gasteiger partial charge in [0.25, 0.3) is 0 Å². The number of halogens is 1. The zero-order valence-electron chi connectivity index (χ0n) is 18.0. The molecule has 3 amide bonds. The minimum Gasteiger partial charge on any atom is -0.497 e. The molecule has 0 radical (unpaired) electrons. The molecule has 32 heavy (non-hydrogen) atoms. The molecule has 0 aliphatic carbocycles. The Kier molecular flexibility index (Phi) is 6.74. The number of hydrogen-bond acceptors (Lipinski definition) is 6. The van der Waals surface area contributed by atoms with Gasteiger partial charge in [0.2, 0.25) is 17.7 Å². The number of amides is 3. The van der Waals surface area contributed by atoms with Crippen molar-refractivity contribution in [3.8, 4) is 5.75 Å². The summed E-state index contributed by atoms with van der Waals surface area (Å²) in [5.74, 6) is -1.07. The number of nitrogens with one attached hydrogen (secondary N) is 2. The Hall–Kier alpha value is -1.78. The second-order valence-corrected chi connectivity index (χ2v) is 11.1. The third kappa shape index (κ3) is 3.70. The summed E-state index contributed by atoms with van der Waals surface area (Å²) in [4.78, 5) is 41.6. The molecule has 1 aromatic carbocycles. The molecule has 3 aliphatic heterocycles. The number of aliphatic hydroxyl groups excluding tert-OH is 1. The van der Waals surface area contributed by atoms with E-state index in [4.69, 9.17) is 4.74 Å². The number of thioether (sulfide) groups is 1. The fraction of sp³-hybridized carbons (Fsp3) is 0.591. The van der Waals surface area contributed by atoms with Crippen LogP contribution in [0.4, 0.5) is 5.69 Å². The fourth-order valence-corrected chi connectivity index (χ4v) is 8.94. The van der Waals surface area contributed by atoms with Crippen molar-refractivity contribution in [3.63, 3.8) is 0 Å². The number of rotatable bonds is 8. The second-order valence-electron chi connectivity index (χ2n) is 8.43. The average Bonchev–Trinajstić information content (AvgIpc) is 3.36. The molecule has 3 unspecified atom stereocenters. The third-order valence-electron chi connectivity index (χ3n) is 6.59. The van der Waals surface area contributed by atoms with Gasteiger partial charge in [-0.25, -0.2) is 0 Å². The number of anilines is 1. The summed E-state index contributed by atoms with van der Waals surface area (Å²) in [5.41, 5.74) is 0.595. The molecule has 3 fully saturated rings. The van der Waals surface area contributed by atoms with Gasteiger partial charge in [0.15, 0.2) is 0 Å². The minimum atomic E-state index is -0.770. The first-order valence-corrected chi connectivity index (χ1v) is 12.6. The molecule has 0 saturated carbocycles. The molecule has 3 N–H and O–H groups in total. The van der Waals surface area contributed by atoms with Crippen LogP contribution in [-0.4, -0.2) is 75.4 Å². The van der Waals surface area contributed by atoms with E-state index in [1.807, 2.05) is 6.92 Å². The highest BCUT2D eigenvalue weighted by molar-refractivity contribution is 9.09. The highest BCUT2D eigenvalue weighted by atomic mass is 79.9. The van der Waals surface area contributed by atoms with Crippen LogP contribution in [0.5, 0.6) is 5.75 Å². The SMILES string of the molecule is CCCNC(=O)[C@H]1[C@H]2C(=O)N(CCO)C(C(=O)Nc3ccc(OC)cc3)C23CC(Br)[C@@H]1S3. The van der Waals surface area contributed by atoms with Crippen molar-refractivity contribution in [1.29, 1.82) is 0 Å². The molecule has 10 heteroatoms. The zero-order chi connectivity index (χ0) is 23.0. The number of carbonyl (C=O) groups is 3. The second kappa shape index (κ2) is 9.23. The standard InChI is InChI=1S/C22H28BrN3O5S/c1-3-8-24-19(28)15-16-21(30)26(9-10-27)18(22(16)11-14(23)17(15)32-22)20(29)25-12-4-6-13(31-2)7-5-12/h4-7,14-18,27H,3,8-11H2,1-2H3,(H,24,28)(H,25,29)/t14?,15-,16-,17-,18?,22?/m0/s1. The summed E-state index contributed by atoms with van der Waals surface area (Å²) in [5, 5.41) is 15.4. The largest absolute Gasteiger partial charge is 0.497 e. The van der Waals surface area contributed by atoms with Crippen LogP contribution in [0.3, 0.4) is 0 Å². The molecule has 8 nitrogen and oxygen atoms in total. The van der Waals surface area contributed by atoms with Crippen molar-refractivity contribution in [2.24, 2.45) is 11.8 Å². The zero-order valence-corrected chi connectivity index (χ0v) is 20.4. The van der Waals surface area contributed by atoms with Crippen LogP contribution in [0.15, 0.2) is 24.3 Å². The number of benzene rings is 1. The summed E-state index contributed by atoms with van der Waals surface area (Å²) in [6.45, 7) is 2.34. The van der Waals surface area contributed by atoms with Gasteiger partial charge >= 0.3 is 0 Å². The van der Waals surface area contributed by atoms with Crippen molar-refractivity contribution >= 4 is 51.1 Å². The molecule has 0 aromatic heterocycles. The maximum absolute atomic E-state index is 13.5. The molecular weight excluding hydrogens is 498 g/mol. The van der Waals surface area contributed by atoms with Crippen LogP contribution in [0.2, 0.25) is 0 Å². The van der Waals surface area contributed by atoms with Crippen LogP contribution < -0.4 is 15.4 Å². The van der Waals surface area contributed by atoms with Crippen LogP contribution in [0.25, 0.3) is 0 Å². The Morgan fingerprint density at radius 1 is 1.31 bits per heavy atom. The number of β-amino-alcohol motifs (C(OH)–C–C–N with tert-alkyl or cyclic N) is 1. The van der Waals surface area contributed by atoms with Crippen molar-refractivity contribution in [2.45, 2.75) is 40.6 Å². The van der Waals surface area contributed by atoms with E-state index in [0.29, 0.717) is 24.4 Å². The Morgan fingerprint density at radius 3 is 2.66 bits per heavy atom. The first-order chi connectivity index (χ1) is 15.4. The highest BCUT2D eigenvalue weighted by Gasteiger charge is 2.75. The van der Waals surface area contributed by atoms with E-state index >= 15 is 0 Å². The summed E-state index contributed by atoms with van der Waals surface area (Å²) in [6, 6.07) is 6.22. The van der Waals surface area contributed by atoms with Gasteiger partial charge in [0.1, 0.15) is 11.8 Å². The lowest BCUT2D eigenvalue weighted by atomic mass is 9.70. The predicted molar refractivity (Wildman–Crippen MR) is 126 cm³/mol. The van der Waals surface area contributed by atoms with E-state index in [-0.39, 0.29) is 41.0 Å². The number of carbonyl (C=O) groups excluding carboxylic acids is 3. The van der Waals surface area contributed by atoms with Crippen LogP contribution in [0, 0.1) is 11.8 Å². The first-order valence-electron chi connectivity index (χ1n) is 10.8. The van der Waals surface area contributed by atoms with Gasteiger partial charge in [-0.1, -0.05) is 22.9 Å². The van der Waals surface area contributed by atoms with Gasteiger partial charge in [-0.15, -0.1) is 11.8 Å². The molecule has 1 aromatic rings. The monoisotopic (exact) mass is 525 g/mol. The fourth-order valence-electron chi connectivity index (χ4n) is 5.33. The van der Waals surface area contributed by atoms with Gasteiger partial charge in [-0.05, 0) is 37.1 Å². The number of ether oxygens (including phenoxy) is 1. The van der Waals surface area contributed by atoms with Gasteiger partial charge in [-0.3, -0.25) is 14.4 Å². The first kappa shape index (κ1) is 23.4. The van der Waals surface area contributed by atoms with Crippen LogP contribution in [0.1, 0.15) is 19.8 Å². The molecular formula is C22H28BrN3O5S. The summed E-state index contributed by atoms with van der Waals surface area (Å²) < 4.78 is 4.45. The lowest BCUT2D eigenvalue weighted by Crippen LogP contribution is -2.53. The Bertz CT molecular complexity index is 900. The predicted octanol–water partition coefficient (Wildman–Crippen LogP) is 1.62. The lowest BCUT2D eigenvalue weighted by molar-refractivity contribution is -0.139. The lowest BCUT2D eigenvalue weighted by Gasteiger charge is -2.35. The van der Waals surface area contributed by atoms with E-state index in [9.17, 15) is 19.5 Å². The number of nitrogens with zero attached hydrogens (tertiary/aromatic N) is 1. The topological polar surface area (TPSA) is 108 Å². The van der Waals surface area contributed by atoms with Crippen molar-refractivity contribution in [1.82, 2.24) is 10.2 Å². The number of aliphatic hydroxyl groups is 1. The van der Waals surface area contributed by atoms with Crippen molar-refractivity contribution in [3.05, 3.63) is 24.3 Å². The van der Waals surface area contributed by atoms with E-state index in [1.165, 1.54) is 4.90 Å². The Morgan fingerprint density at radius 2 is 2.03 bits per heavy atom. The van der Waals surface area contributed by atoms with Crippen molar-refractivity contribution in [2.75, 3.05) is 32.1 Å². The maximum Gasteiger partial charge on any atom is 0.248 e. The molecule has 3 saturated heterocycles. The van der Waals surface area contributed by atoms with Gasteiger partial charge in [0, 0.05) is 28.9 Å². The number of fused-ring (bicyclic) bond motifs is 1. The number of methoxy groups -OCH3 is 1. The maximum atomic E-state index is 13.5. The summed E-state index contributed by atoms with van der Waals surface area (Å²) in [6.07, 6.45) is 1.42. The summed E-state index contributed by atoms with van der Waals surface area (Å²) >= 11 is 5.30. The van der Waals surface area contributed by atoms with Crippen LogP contribution >= 0.6 is 27.7 Å². The van der Waals surface area contributed by atoms with E-state index in [0.717, 1.165) is 6.42 Å². The van der Waals surface area contributed by atoms with Crippen molar-refractivity contribution < 1.29 is 24.2 Å². The van der Waals surface area contributed by atoms with E-state index in [2.05, 4.69) is 26.6 Å². The van der Waals surface area contributed by atoms with E-state index < -0.39 is 22.6 Å². The van der Waals surface area contributed by atoms with Gasteiger partial charge < -0.3 is 25.4 Å². The number of likely N-dealkylation sites (tertiary alicyclic amines) is 1. The molecule has 1 spiro atoms. The Balaban J connectivity index is 1.66. The van der Waals surface area contributed by atoms with E-state index in [1.54, 1.807) is 43.1 Å². The normalized spacial score (nSPS) is 32.7. The minimum absolute atomic E-state index is 0.0271. The molecule has 4 rings (SSSR count). The quantitative estimate of drug-likeness (QED) is 0.445. The molecule has 3 aliphatic rings. The third-order valence-corrected chi connectivity index (χ3v) is 9.81. The van der Waals surface area contributed by atoms with Gasteiger partial charge in [-0.2, -0.15) is 0 Å². The molecule has 3 heterocycles.